The maximum atomic E-state index is 12.7. The number of nitrogens with zero attached hydrogens (tertiary/aromatic N) is 3. The van der Waals surface area contributed by atoms with Crippen molar-refractivity contribution in [2.24, 2.45) is 18.9 Å². The van der Waals surface area contributed by atoms with Crippen LogP contribution in [-0.2, 0) is 11.8 Å². The summed E-state index contributed by atoms with van der Waals surface area (Å²) >= 11 is 0. The van der Waals surface area contributed by atoms with E-state index >= 15 is 0 Å². The van der Waals surface area contributed by atoms with Crippen LogP contribution in [0.2, 0.25) is 0 Å². The Labute approximate surface area is 149 Å². The Morgan fingerprint density at radius 1 is 1.16 bits per heavy atom. The first-order valence-electron chi connectivity index (χ1n) is 9.00. The van der Waals surface area contributed by atoms with E-state index < -0.39 is 0 Å². The summed E-state index contributed by atoms with van der Waals surface area (Å²) in [7, 11) is 1.73. The molecule has 0 spiro atoms. The van der Waals surface area contributed by atoms with Crippen LogP contribution in [0, 0.1) is 11.8 Å². The van der Waals surface area contributed by atoms with Crippen LogP contribution in [0.5, 0.6) is 0 Å². The predicted molar refractivity (Wildman–Crippen MR) is 101 cm³/mol. The van der Waals surface area contributed by atoms with Gasteiger partial charge >= 0.3 is 0 Å². The van der Waals surface area contributed by atoms with Crippen molar-refractivity contribution in [3.63, 3.8) is 0 Å². The van der Waals surface area contributed by atoms with Gasteiger partial charge in [-0.1, -0.05) is 39.8 Å². The molecule has 0 aliphatic heterocycles. The quantitative estimate of drug-likeness (QED) is 0.806. The average Bonchev–Trinajstić information content (AvgIpc) is 2.57. The van der Waals surface area contributed by atoms with Gasteiger partial charge in [-0.2, -0.15) is 0 Å². The van der Waals surface area contributed by atoms with E-state index in [2.05, 4.69) is 13.8 Å². The summed E-state index contributed by atoms with van der Waals surface area (Å²) in [6.45, 7) is 10.7. The molecule has 0 bridgehead atoms. The van der Waals surface area contributed by atoms with Gasteiger partial charge in [0.1, 0.15) is 5.82 Å². The van der Waals surface area contributed by atoms with E-state index in [1.54, 1.807) is 17.7 Å². The molecule has 5 nitrogen and oxygen atoms in total. The Morgan fingerprint density at radius 3 is 2.40 bits per heavy atom. The standard InChI is InChI=1S/C20H29N3O2/c1-13(2)11-12-23(19(24)14(3)4)15(5)18-21-17-10-8-7-9-16(17)20(25)22(18)6/h7-10,13-15H,11-12H2,1-6H3. The van der Waals surface area contributed by atoms with Crippen LogP contribution in [0.4, 0.5) is 0 Å². The first-order chi connectivity index (χ1) is 11.7. The number of hydrogen-bond donors (Lipinski definition) is 0. The minimum Gasteiger partial charge on any atom is -0.333 e. The third kappa shape index (κ3) is 4.09. The molecule has 1 atom stereocenters. The molecule has 1 heterocycles. The highest BCUT2D eigenvalue weighted by molar-refractivity contribution is 5.79. The highest BCUT2D eigenvalue weighted by Gasteiger charge is 2.26. The van der Waals surface area contributed by atoms with E-state index in [0.717, 1.165) is 6.42 Å². The van der Waals surface area contributed by atoms with Gasteiger partial charge in [0.05, 0.1) is 16.9 Å². The van der Waals surface area contributed by atoms with Crippen molar-refractivity contribution in [2.45, 2.75) is 47.1 Å². The van der Waals surface area contributed by atoms with Gasteiger partial charge in [-0.25, -0.2) is 4.98 Å². The molecule has 0 saturated heterocycles. The first kappa shape index (κ1) is 19.2. The lowest BCUT2D eigenvalue weighted by molar-refractivity contribution is -0.137. The van der Waals surface area contributed by atoms with Gasteiger partial charge in [0, 0.05) is 19.5 Å². The van der Waals surface area contributed by atoms with Crippen LogP contribution in [0.3, 0.4) is 0 Å². The fraction of sp³-hybridized carbons (Fsp3) is 0.550. The number of para-hydroxylation sites is 1. The molecule has 2 aromatic rings. The van der Waals surface area contributed by atoms with Gasteiger partial charge in [-0.05, 0) is 31.4 Å². The fourth-order valence-corrected chi connectivity index (χ4v) is 2.97. The normalized spacial score (nSPS) is 12.8. The van der Waals surface area contributed by atoms with Crippen molar-refractivity contribution in [2.75, 3.05) is 6.54 Å². The summed E-state index contributed by atoms with van der Waals surface area (Å²) < 4.78 is 1.57. The molecule has 2 rings (SSSR count). The zero-order valence-corrected chi connectivity index (χ0v) is 16.1. The maximum absolute atomic E-state index is 12.7. The van der Waals surface area contributed by atoms with Crippen molar-refractivity contribution in [1.82, 2.24) is 14.5 Å². The summed E-state index contributed by atoms with van der Waals surface area (Å²) in [6, 6.07) is 7.09. The highest BCUT2D eigenvalue weighted by Crippen LogP contribution is 2.22. The number of rotatable bonds is 6. The monoisotopic (exact) mass is 343 g/mol. The summed E-state index contributed by atoms with van der Waals surface area (Å²) in [5.41, 5.74) is 0.599. The molecule has 1 unspecified atom stereocenters. The molecular weight excluding hydrogens is 314 g/mol. The Morgan fingerprint density at radius 2 is 1.80 bits per heavy atom. The number of carbonyl (C=O) groups excluding carboxylic acids is 1. The van der Waals surface area contributed by atoms with E-state index in [0.29, 0.717) is 29.2 Å². The minimum atomic E-state index is -0.254. The molecule has 0 saturated carbocycles. The molecule has 136 valence electrons. The van der Waals surface area contributed by atoms with Crippen LogP contribution < -0.4 is 5.56 Å². The van der Waals surface area contributed by atoms with Crippen LogP contribution in [0.1, 0.15) is 52.9 Å². The summed E-state index contributed by atoms with van der Waals surface area (Å²) in [5.74, 6) is 1.13. The molecule has 1 aromatic carbocycles. The summed E-state index contributed by atoms with van der Waals surface area (Å²) in [6.07, 6.45) is 0.921. The number of hydrogen-bond acceptors (Lipinski definition) is 3. The second-order valence-electron chi connectivity index (χ2n) is 7.40. The summed E-state index contributed by atoms with van der Waals surface area (Å²) in [4.78, 5) is 32.0. The molecule has 5 heteroatoms. The molecule has 1 aromatic heterocycles. The molecule has 25 heavy (non-hydrogen) atoms. The molecule has 1 amide bonds. The number of fused-ring (bicyclic) bond motifs is 1. The zero-order valence-electron chi connectivity index (χ0n) is 16.1. The van der Waals surface area contributed by atoms with Crippen molar-refractivity contribution in [1.29, 1.82) is 0 Å². The smallest absolute Gasteiger partial charge is 0.261 e. The molecular formula is C20H29N3O2. The zero-order chi connectivity index (χ0) is 18.7. The number of carbonyl (C=O) groups is 1. The minimum absolute atomic E-state index is 0.0757. The SMILES string of the molecule is CC(C)CCN(C(=O)C(C)C)C(C)c1nc2ccccc2c(=O)n1C. The third-order valence-electron chi connectivity index (χ3n) is 4.58. The van der Waals surface area contributed by atoms with Crippen molar-refractivity contribution in [3.05, 3.63) is 40.4 Å². The number of aromatic nitrogens is 2. The van der Waals surface area contributed by atoms with E-state index in [1.807, 2.05) is 43.9 Å². The van der Waals surface area contributed by atoms with E-state index in [4.69, 9.17) is 4.98 Å². The first-order valence-corrected chi connectivity index (χ1v) is 9.00. The molecule has 0 N–H and O–H groups in total. The van der Waals surface area contributed by atoms with Gasteiger partial charge in [0.15, 0.2) is 0 Å². The van der Waals surface area contributed by atoms with Gasteiger partial charge in [0.25, 0.3) is 5.56 Å². The number of amides is 1. The third-order valence-corrected chi connectivity index (χ3v) is 4.58. The van der Waals surface area contributed by atoms with E-state index in [-0.39, 0.29) is 23.4 Å². The Hall–Kier alpha value is -2.17. The number of benzene rings is 1. The van der Waals surface area contributed by atoms with Crippen LogP contribution in [0.25, 0.3) is 10.9 Å². The fourth-order valence-electron chi connectivity index (χ4n) is 2.97. The van der Waals surface area contributed by atoms with Gasteiger partial charge < -0.3 is 4.90 Å². The Kier molecular flexibility index (Phi) is 5.98. The highest BCUT2D eigenvalue weighted by atomic mass is 16.2. The second kappa shape index (κ2) is 7.81. The predicted octanol–water partition coefficient (Wildman–Crippen LogP) is 3.53. The topological polar surface area (TPSA) is 55.2 Å². The van der Waals surface area contributed by atoms with Crippen LogP contribution >= 0.6 is 0 Å². The van der Waals surface area contributed by atoms with Crippen LogP contribution in [-0.4, -0.2) is 26.9 Å². The lowest BCUT2D eigenvalue weighted by Gasteiger charge is -2.32. The molecule has 0 radical (unpaired) electrons. The molecule has 0 aliphatic carbocycles. The molecule has 0 aliphatic rings. The largest absolute Gasteiger partial charge is 0.333 e. The van der Waals surface area contributed by atoms with Crippen LogP contribution in [0.15, 0.2) is 29.1 Å². The van der Waals surface area contributed by atoms with Crippen molar-refractivity contribution in [3.8, 4) is 0 Å². The van der Waals surface area contributed by atoms with Crippen molar-refractivity contribution < 1.29 is 4.79 Å². The second-order valence-corrected chi connectivity index (χ2v) is 7.40. The van der Waals surface area contributed by atoms with Gasteiger partial charge in [-0.3, -0.25) is 14.2 Å². The Bertz CT molecular complexity index is 808. The molecule has 0 fully saturated rings. The maximum Gasteiger partial charge on any atom is 0.261 e. The lowest BCUT2D eigenvalue weighted by atomic mass is 10.1. The van der Waals surface area contributed by atoms with Crippen molar-refractivity contribution >= 4 is 16.8 Å². The van der Waals surface area contributed by atoms with E-state index in [1.165, 1.54) is 0 Å². The Balaban J connectivity index is 2.49. The lowest BCUT2D eigenvalue weighted by Crippen LogP contribution is -2.40. The summed E-state index contributed by atoms with van der Waals surface area (Å²) in [5, 5.41) is 0.602. The van der Waals surface area contributed by atoms with Gasteiger partial charge in [-0.15, -0.1) is 0 Å². The van der Waals surface area contributed by atoms with E-state index in [9.17, 15) is 9.59 Å². The average molecular weight is 343 g/mol. The van der Waals surface area contributed by atoms with Gasteiger partial charge in [0.2, 0.25) is 5.91 Å².